The molecule has 112 valence electrons. The van der Waals surface area contributed by atoms with Crippen LogP contribution in [0.5, 0.6) is 0 Å². The van der Waals surface area contributed by atoms with Gasteiger partial charge in [-0.2, -0.15) is 0 Å². The molecule has 1 fully saturated rings. The fourth-order valence-corrected chi connectivity index (χ4v) is 2.79. The lowest BCUT2D eigenvalue weighted by atomic mass is 9.73. The van der Waals surface area contributed by atoms with Crippen molar-refractivity contribution in [2.45, 2.75) is 31.7 Å². The second-order valence-electron chi connectivity index (χ2n) is 5.06. The van der Waals surface area contributed by atoms with Gasteiger partial charge in [0.1, 0.15) is 11.7 Å². The largest absolute Gasteiger partial charge is 0.463 e. The summed E-state index contributed by atoms with van der Waals surface area (Å²) in [7, 11) is 0. The highest BCUT2D eigenvalue weighted by Gasteiger charge is 2.57. The average molecular weight is 284 g/mol. The molecule has 2 rings (SSSR count). The molecular weight excluding hydrogens is 264 g/mol. The first kappa shape index (κ1) is 15.2. The Morgan fingerprint density at radius 1 is 1.65 bits per heavy atom. The highest BCUT2D eigenvalue weighted by molar-refractivity contribution is 5.92. The topological polar surface area (TPSA) is 96.2 Å². The predicted molar refractivity (Wildman–Crippen MR) is 69.7 cm³/mol. The smallest absolute Gasteiger partial charge is 0.337 e. The predicted octanol–water partition coefficient (Wildman–Crippen LogP) is -0.465. The molecule has 1 aliphatic carbocycles. The van der Waals surface area contributed by atoms with Crippen LogP contribution in [0.1, 0.15) is 13.8 Å². The molecule has 1 saturated heterocycles. The van der Waals surface area contributed by atoms with Gasteiger partial charge in [0, 0.05) is 5.92 Å². The summed E-state index contributed by atoms with van der Waals surface area (Å²) >= 11 is 0. The number of carbonyl (C=O) groups is 1. The molecule has 6 nitrogen and oxygen atoms in total. The van der Waals surface area contributed by atoms with Gasteiger partial charge in [-0.15, -0.1) is 0 Å². The molecule has 1 aliphatic heterocycles. The fourth-order valence-electron chi connectivity index (χ4n) is 2.79. The third-order valence-corrected chi connectivity index (χ3v) is 3.84. The third kappa shape index (κ3) is 2.18. The first-order valence-electron chi connectivity index (χ1n) is 6.68. The van der Waals surface area contributed by atoms with Crippen LogP contribution in [0, 0.1) is 5.92 Å². The number of fused-ring (bicyclic) bond motifs is 1. The second kappa shape index (κ2) is 5.65. The van der Waals surface area contributed by atoms with E-state index in [1.54, 1.807) is 13.8 Å². The first-order valence-corrected chi connectivity index (χ1v) is 6.68. The van der Waals surface area contributed by atoms with Gasteiger partial charge in [-0.25, -0.2) is 4.79 Å². The Kier molecular flexibility index (Phi) is 4.29. The highest BCUT2D eigenvalue weighted by Crippen LogP contribution is 2.44. The quantitative estimate of drug-likeness (QED) is 0.479. The van der Waals surface area contributed by atoms with Crippen LogP contribution >= 0.6 is 0 Å². The molecule has 1 heterocycles. The van der Waals surface area contributed by atoms with Crippen molar-refractivity contribution in [3.63, 3.8) is 0 Å². The third-order valence-electron chi connectivity index (χ3n) is 3.84. The number of carbonyl (C=O) groups excluding carboxylic acids is 1. The minimum absolute atomic E-state index is 0.0578. The summed E-state index contributed by atoms with van der Waals surface area (Å²) in [6.45, 7) is 3.38. The molecule has 0 spiro atoms. The van der Waals surface area contributed by atoms with Crippen LogP contribution in [0.4, 0.5) is 0 Å². The molecule has 0 aromatic carbocycles. The highest BCUT2D eigenvalue weighted by atomic mass is 16.5. The molecular formula is C14H20O6. The van der Waals surface area contributed by atoms with Crippen LogP contribution in [0.2, 0.25) is 0 Å². The Morgan fingerprint density at radius 2 is 2.35 bits per heavy atom. The number of rotatable bonds is 3. The normalized spacial score (nSPS) is 38.5. The number of hydrogen-bond donors (Lipinski definition) is 3. The molecule has 0 aromatic heterocycles. The number of aliphatic hydroxyl groups is 3. The van der Waals surface area contributed by atoms with Crippen LogP contribution < -0.4 is 0 Å². The molecule has 0 aromatic rings. The molecule has 0 radical (unpaired) electrons. The molecule has 0 amide bonds. The van der Waals surface area contributed by atoms with Gasteiger partial charge in [-0.3, -0.25) is 0 Å². The Morgan fingerprint density at radius 3 is 2.95 bits per heavy atom. The Bertz CT molecular complexity index is 455. The Labute approximate surface area is 117 Å². The number of ether oxygens (including phenoxy) is 2. The maximum absolute atomic E-state index is 12.1. The zero-order valence-electron chi connectivity index (χ0n) is 11.6. The van der Waals surface area contributed by atoms with Crippen molar-refractivity contribution in [3.8, 4) is 0 Å². The van der Waals surface area contributed by atoms with Crippen molar-refractivity contribution >= 4 is 5.97 Å². The van der Waals surface area contributed by atoms with Gasteiger partial charge in [-0.05, 0) is 12.5 Å². The Balaban J connectivity index is 2.49. The molecule has 4 atom stereocenters. The summed E-state index contributed by atoms with van der Waals surface area (Å²) in [5, 5.41) is 30.1. The van der Waals surface area contributed by atoms with Gasteiger partial charge in [-0.1, -0.05) is 19.1 Å². The van der Waals surface area contributed by atoms with E-state index in [2.05, 4.69) is 0 Å². The molecule has 20 heavy (non-hydrogen) atoms. The van der Waals surface area contributed by atoms with Crippen molar-refractivity contribution in [1.82, 2.24) is 0 Å². The van der Waals surface area contributed by atoms with E-state index in [1.165, 1.54) is 12.2 Å². The molecule has 2 aliphatic rings. The van der Waals surface area contributed by atoms with Crippen LogP contribution in [-0.2, 0) is 14.3 Å². The van der Waals surface area contributed by atoms with E-state index < -0.39 is 23.8 Å². The van der Waals surface area contributed by atoms with E-state index >= 15 is 0 Å². The summed E-state index contributed by atoms with van der Waals surface area (Å²) in [5.74, 6) is -0.971. The van der Waals surface area contributed by atoms with Crippen molar-refractivity contribution in [1.29, 1.82) is 0 Å². The molecule has 0 bridgehead atoms. The van der Waals surface area contributed by atoms with Crippen molar-refractivity contribution in [3.05, 3.63) is 23.3 Å². The molecule has 6 heteroatoms. The van der Waals surface area contributed by atoms with E-state index in [9.17, 15) is 15.0 Å². The monoisotopic (exact) mass is 284 g/mol. The summed E-state index contributed by atoms with van der Waals surface area (Å²) in [6.07, 6.45) is 1.05. The maximum Gasteiger partial charge on any atom is 0.337 e. The van der Waals surface area contributed by atoms with Crippen LogP contribution in [0.15, 0.2) is 23.3 Å². The van der Waals surface area contributed by atoms with Crippen LogP contribution in [0.3, 0.4) is 0 Å². The van der Waals surface area contributed by atoms with Crippen molar-refractivity contribution in [2.24, 2.45) is 5.92 Å². The number of aliphatic hydroxyl groups excluding tert-OH is 2. The van der Waals surface area contributed by atoms with E-state index in [1.807, 2.05) is 0 Å². The van der Waals surface area contributed by atoms with E-state index in [0.29, 0.717) is 5.57 Å². The summed E-state index contributed by atoms with van der Waals surface area (Å²) < 4.78 is 10.4. The van der Waals surface area contributed by atoms with Gasteiger partial charge in [0.05, 0.1) is 31.5 Å². The van der Waals surface area contributed by atoms with Gasteiger partial charge in [0.25, 0.3) is 0 Å². The van der Waals surface area contributed by atoms with Gasteiger partial charge in [0.2, 0.25) is 0 Å². The van der Waals surface area contributed by atoms with E-state index in [0.717, 1.165) is 0 Å². The van der Waals surface area contributed by atoms with E-state index in [4.69, 9.17) is 14.6 Å². The summed E-state index contributed by atoms with van der Waals surface area (Å²) in [6, 6.07) is 0. The minimum atomic E-state index is -1.74. The zero-order chi connectivity index (χ0) is 14.9. The lowest BCUT2D eigenvalue weighted by Crippen LogP contribution is -2.55. The molecule has 0 saturated carbocycles. The SMILES string of the molecule is CCOC(=O)C1=C[C@H](C)[C@@H](O)[C@H]2OC/C(=C\CO)[C@@]12O. The lowest BCUT2D eigenvalue weighted by molar-refractivity contribution is -0.145. The van der Waals surface area contributed by atoms with Gasteiger partial charge in [0.15, 0.2) is 0 Å². The average Bonchev–Trinajstić information content (AvgIpc) is 2.73. The van der Waals surface area contributed by atoms with Crippen molar-refractivity contribution in [2.75, 3.05) is 19.8 Å². The van der Waals surface area contributed by atoms with Gasteiger partial charge >= 0.3 is 5.97 Å². The zero-order valence-corrected chi connectivity index (χ0v) is 11.6. The van der Waals surface area contributed by atoms with Crippen molar-refractivity contribution < 1.29 is 29.6 Å². The summed E-state index contributed by atoms with van der Waals surface area (Å²) in [4.78, 5) is 12.1. The van der Waals surface area contributed by atoms with Crippen LogP contribution in [-0.4, -0.2) is 58.9 Å². The minimum Gasteiger partial charge on any atom is -0.463 e. The van der Waals surface area contributed by atoms with Gasteiger partial charge < -0.3 is 24.8 Å². The van der Waals surface area contributed by atoms with E-state index in [-0.39, 0.29) is 31.3 Å². The molecule has 3 N–H and O–H groups in total. The fraction of sp³-hybridized carbons (Fsp3) is 0.643. The molecule has 0 unspecified atom stereocenters. The number of hydrogen-bond acceptors (Lipinski definition) is 6. The Hall–Kier alpha value is -1.21. The second-order valence-corrected chi connectivity index (χ2v) is 5.06. The lowest BCUT2D eigenvalue weighted by Gasteiger charge is -2.39. The maximum atomic E-state index is 12.1. The first-order chi connectivity index (χ1) is 9.46. The summed E-state index contributed by atoms with van der Waals surface area (Å²) in [5.41, 5.74) is -1.30. The standard InChI is InChI=1S/C14H20O6/c1-3-19-13(17)10-6-8(2)11(16)12-14(10,18)9(4-5-15)7-20-12/h4,6,8,11-12,15-16,18H,3,5,7H2,1-2H3/b9-4+/t8-,11+,12+,14+/m0/s1. The van der Waals surface area contributed by atoms with Crippen LogP contribution in [0.25, 0.3) is 0 Å². The number of esters is 1.